The molecule has 0 unspecified atom stereocenters. The molecule has 2 heterocycles. The number of rotatable bonds is 6. The third kappa shape index (κ3) is 5.64. The Balaban J connectivity index is 2.03. The van der Waals surface area contributed by atoms with Crippen molar-refractivity contribution < 1.29 is 19.4 Å². The summed E-state index contributed by atoms with van der Waals surface area (Å²) >= 11 is 0. The third-order valence-electron chi connectivity index (χ3n) is 8.63. The molecule has 0 saturated carbocycles. The molecule has 6 heteroatoms. The third-order valence-corrected chi connectivity index (χ3v) is 8.63. The Hall–Kier alpha value is -0.240. The molecule has 2 aliphatic rings. The standard InChI is InChI=1S/C25H53N4O2/c1-22(2)16-20(17-23(3,4)26(22)30)28(9,10)14-13-15-29(11,12)21-18-24(5,6)27(31)25(7,8)19-21/h20-21,30H,13-19H2,1-12H3/q+2. The highest BCUT2D eigenvalue weighted by atomic mass is 16.5. The summed E-state index contributed by atoms with van der Waals surface area (Å²) in [5.74, 6) is 0. The van der Waals surface area contributed by atoms with Crippen molar-refractivity contribution in [2.24, 2.45) is 0 Å². The zero-order chi connectivity index (χ0) is 24.3. The van der Waals surface area contributed by atoms with Crippen LogP contribution in [0.25, 0.3) is 0 Å². The minimum atomic E-state index is -0.313. The van der Waals surface area contributed by atoms with Gasteiger partial charge in [0.2, 0.25) is 0 Å². The van der Waals surface area contributed by atoms with Crippen LogP contribution in [0, 0.1) is 0 Å². The van der Waals surface area contributed by atoms with Gasteiger partial charge >= 0.3 is 0 Å². The second kappa shape index (κ2) is 8.21. The van der Waals surface area contributed by atoms with E-state index >= 15 is 0 Å². The molecule has 2 saturated heterocycles. The van der Waals surface area contributed by atoms with Crippen LogP contribution in [0.3, 0.4) is 0 Å². The quantitative estimate of drug-likeness (QED) is 0.625. The lowest BCUT2D eigenvalue weighted by atomic mass is 9.77. The number of hydrogen-bond acceptors (Lipinski definition) is 3. The molecule has 2 fully saturated rings. The predicted molar refractivity (Wildman–Crippen MR) is 127 cm³/mol. The van der Waals surface area contributed by atoms with E-state index in [0.717, 1.165) is 47.7 Å². The topological polar surface area (TPSA) is 46.6 Å². The molecule has 31 heavy (non-hydrogen) atoms. The van der Waals surface area contributed by atoms with E-state index in [1.165, 1.54) is 11.5 Å². The van der Waals surface area contributed by atoms with Crippen LogP contribution in [0.4, 0.5) is 0 Å². The molecule has 1 N–H and O–H groups in total. The first-order valence-electron chi connectivity index (χ1n) is 12.3. The van der Waals surface area contributed by atoms with E-state index < -0.39 is 0 Å². The molecular weight excluding hydrogens is 388 g/mol. The van der Waals surface area contributed by atoms with Gasteiger partial charge in [-0.3, -0.25) is 0 Å². The summed E-state index contributed by atoms with van der Waals surface area (Å²) in [4.78, 5) is 0. The molecule has 0 bridgehead atoms. The van der Waals surface area contributed by atoms with E-state index in [2.05, 4.69) is 83.6 Å². The van der Waals surface area contributed by atoms with Gasteiger partial charge < -0.3 is 14.2 Å². The first-order chi connectivity index (χ1) is 13.6. The number of nitrogens with zero attached hydrogens (tertiary/aromatic N) is 4. The SMILES string of the molecule is CC1(C)CC([N+](C)(C)CCC[N+](C)(C)C2CC(C)(C)N(O)C(C)(C)C2)CC(C)(C)N1[O]. The zero-order valence-electron chi connectivity index (χ0n) is 22.7. The van der Waals surface area contributed by atoms with Crippen molar-refractivity contribution in [1.82, 2.24) is 10.1 Å². The molecule has 2 rings (SSSR count). The van der Waals surface area contributed by atoms with Crippen LogP contribution < -0.4 is 0 Å². The van der Waals surface area contributed by atoms with Crippen LogP contribution in [-0.2, 0) is 5.21 Å². The maximum Gasteiger partial charge on any atom is 0.0923 e. The highest BCUT2D eigenvalue weighted by Crippen LogP contribution is 2.42. The van der Waals surface area contributed by atoms with Crippen molar-refractivity contribution in [3.63, 3.8) is 0 Å². The van der Waals surface area contributed by atoms with Gasteiger partial charge in [-0.05, 0) is 55.4 Å². The first kappa shape index (κ1) is 27.0. The average Bonchev–Trinajstić information content (AvgIpc) is 2.56. The van der Waals surface area contributed by atoms with Gasteiger partial charge in [0.25, 0.3) is 0 Å². The Labute approximate surface area is 192 Å². The van der Waals surface area contributed by atoms with Gasteiger partial charge in [0.15, 0.2) is 0 Å². The van der Waals surface area contributed by atoms with Crippen LogP contribution in [0.5, 0.6) is 0 Å². The Kier molecular flexibility index (Phi) is 7.15. The summed E-state index contributed by atoms with van der Waals surface area (Å²) in [6.07, 6.45) is 5.06. The molecule has 0 atom stereocenters. The van der Waals surface area contributed by atoms with Crippen molar-refractivity contribution in [2.75, 3.05) is 41.3 Å². The number of hydrogen-bond donors (Lipinski definition) is 1. The molecular formula is C25H53N4O2+2. The zero-order valence-corrected chi connectivity index (χ0v) is 22.7. The van der Waals surface area contributed by atoms with Gasteiger partial charge in [-0.2, -0.15) is 5.06 Å². The minimum absolute atomic E-state index is 0.208. The fourth-order valence-electron chi connectivity index (χ4n) is 6.67. The van der Waals surface area contributed by atoms with E-state index in [4.69, 9.17) is 0 Å². The highest BCUT2D eigenvalue weighted by Gasteiger charge is 2.52. The number of hydroxylamine groups is 4. The fourth-order valence-corrected chi connectivity index (χ4v) is 6.67. The molecule has 0 aromatic carbocycles. The fraction of sp³-hybridized carbons (Fsp3) is 1.00. The molecule has 183 valence electrons. The minimum Gasteiger partial charge on any atom is -0.326 e. The lowest BCUT2D eigenvalue weighted by Gasteiger charge is -2.55. The van der Waals surface area contributed by atoms with Gasteiger partial charge in [-0.15, -0.1) is 10.3 Å². The summed E-state index contributed by atoms with van der Waals surface area (Å²) in [6.45, 7) is 19.3. The Morgan fingerprint density at radius 3 is 1.29 bits per heavy atom. The molecule has 0 spiro atoms. The molecule has 2 aliphatic heterocycles. The van der Waals surface area contributed by atoms with Crippen molar-refractivity contribution >= 4 is 0 Å². The lowest BCUT2D eigenvalue weighted by Crippen LogP contribution is -2.67. The summed E-state index contributed by atoms with van der Waals surface area (Å²) < 4.78 is 1.98. The average molecular weight is 442 g/mol. The van der Waals surface area contributed by atoms with E-state index in [1.807, 2.05) is 0 Å². The Bertz CT molecular complexity index is 549. The van der Waals surface area contributed by atoms with E-state index in [-0.39, 0.29) is 22.2 Å². The van der Waals surface area contributed by atoms with E-state index in [9.17, 15) is 10.4 Å². The monoisotopic (exact) mass is 441 g/mol. The van der Waals surface area contributed by atoms with Gasteiger partial charge in [0.05, 0.1) is 53.4 Å². The number of quaternary nitrogens is 2. The van der Waals surface area contributed by atoms with Crippen LogP contribution in [-0.4, -0.2) is 99.8 Å². The van der Waals surface area contributed by atoms with Crippen LogP contribution >= 0.6 is 0 Å². The molecule has 6 nitrogen and oxygen atoms in total. The summed E-state index contributed by atoms with van der Waals surface area (Å²) in [6, 6.07) is 1.03. The van der Waals surface area contributed by atoms with E-state index in [0.29, 0.717) is 12.1 Å². The largest absolute Gasteiger partial charge is 0.326 e. The van der Waals surface area contributed by atoms with Crippen LogP contribution in [0.1, 0.15) is 87.5 Å². The molecule has 0 aromatic heterocycles. The van der Waals surface area contributed by atoms with Crippen LogP contribution in [0.15, 0.2) is 0 Å². The smallest absolute Gasteiger partial charge is 0.0923 e. The highest BCUT2D eigenvalue weighted by molar-refractivity contribution is 4.97. The second-order valence-electron chi connectivity index (χ2n) is 14.3. The van der Waals surface area contributed by atoms with Crippen molar-refractivity contribution in [3.05, 3.63) is 0 Å². The summed E-state index contributed by atoms with van der Waals surface area (Å²) in [5.41, 5.74) is -1.04. The van der Waals surface area contributed by atoms with Gasteiger partial charge in [-0.1, -0.05) is 0 Å². The van der Waals surface area contributed by atoms with Crippen molar-refractivity contribution in [1.29, 1.82) is 0 Å². The Morgan fingerprint density at radius 1 is 0.677 bits per heavy atom. The normalized spacial score (nSPS) is 28.1. The summed E-state index contributed by atoms with van der Waals surface area (Å²) in [5, 5.41) is 26.4. The molecule has 0 aliphatic carbocycles. The molecule has 0 aromatic rings. The lowest BCUT2D eigenvalue weighted by molar-refractivity contribution is -0.936. The van der Waals surface area contributed by atoms with Crippen molar-refractivity contribution in [3.8, 4) is 0 Å². The van der Waals surface area contributed by atoms with E-state index in [1.54, 1.807) is 5.06 Å². The summed E-state index contributed by atoms with van der Waals surface area (Å²) in [7, 11) is 9.44. The van der Waals surface area contributed by atoms with Gasteiger partial charge in [0, 0.05) is 54.3 Å². The van der Waals surface area contributed by atoms with Gasteiger partial charge in [0.1, 0.15) is 0 Å². The predicted octanol–water partition coefficient (Wildman–Crippen LogP) is 4.31. The van der Waals surface area contributed by atoms with Gasteiger partial charge in [-0.25, -0.2) is 0 Å². The maximum absolute atomic E-state index is 12.8. The Morgan fingerprint density at radius 2 is 0.968 bits per heavy atom. The first-order valence-corrected chi connectivity index (χ1v) is 12.3. The molecule has 0 amide bonds. The van der Waals surface area contributed by atoms with Crippen molar-refractivity contribution in [2.45, 2.75) is 122 Å². The maximum atomic E-state index is 12.8. The molecule has 1 radical (unpaired) electrons. The van der Waals surface area contributed by atoms with Crippen LogP contribution in [0.2, 0.25) is 0 Å². The second-order valence-corrected chi connectivity index (χ2v) is 14.3. The number of piperidine rings is 2.